The number of piperidine rings is 1. The lowest BCUT2D eigenvalue weighted by molar-refractivity contribution is -0.137. The molecular formula is C29H34N2O5. The van der Waals surface area contributed by atoms with E-state index in [1.54, 1.807) is 14.2 Å². The summed E-state index contributed by atoms with van der Waals surface area (Å²) in [6.07, 6.45) is 3.82. The van der Waals surface area contributed by atoms with Crippen molar-refractivity contribution in [2.24, 2.45) is 11.8 Å². The Balaban J connectivity index is 1.53. The molecule has 0 aliphatic carbocycles. The zero-order valence-electron chi connectivity index (χ0n) is 21.4. The Morgan fingerprint density at radius 2 is 1.94 bits per heavy atom. The molecule has 0 radical (unpaired) electrons. The minimum atomic E-state index is -0.754. The summed E-state index contributed by atoms with van der Waals surface area (Å²) in [7, 11) is 4.57. The van der Waals surface area contributed by atoms with E-state index in [2.05, 4.69) is 17.1 Å². The van der Waals surface area contributed by atoms with Crippen LogP contribution in [0.15, 0.2) is 54.3 Å². The molecule has 2 aromatic rings. The first-order chi connectivity index (χ1) is 17.5. The molecule has 36 heavy (non-hydrogen) atoms. The molecule has 0 amide bonds. The molecule has 0 saturated carbocycles. The first kappa shape index (κ1) is 24.4. The zero-order chi connectivity index (χ0) is 25.4. The second-order valence-corrected chi connectivity index (χ2v) is 9.93. The van der Waals surface area contributed by atoms with Crippen LogP contribution in [0.5, 0.6) is 5.75 Å². The van der Waals surface area contributed by atoms with Gasteiger partial charge in [0.05, 0.1) is 38.7 Å². The highest BCUT2D eigenvalue weighted by Crippen LogP contribution is 2.52. The van der Waals surface area contributed by atoms with Crippen molar-refractivity contribution in [2.75, 3.05) is 39.7 Å². The van der Waals surface area contributed by atoms with Crippen LogP contribution in [0.4, 0.5) is 5.69 Å². The molecule has 3 heterocycles. The van der Waals surface area contributed by atoms with E-state index in [4.69, 9.17) is 14.2 Å². The summed E-state index contributed by atoms with van der Waals surface area (Å²) in [5.41, 5.74) is 3.14. The summed E-state index contributed by atoms with van der Waals surface area (Å²) < 4.78 is 16.2. The third-order valence-corrected chi connectivity index (χ3v) is 8.34. The Hall–Kier alpha value is -3.32. The monoisotopic (exact) mass is 490 g/mol. The van der Waals surface area contributed by atoms with E-state index in [0.29, 0.717) is 29.7 Å². The predicted molar refractivity (Wildman–Crippen MR) is 138 cm³/mol. The van der Waals surface area contributed by atoms with E-state index in [1.165, 1.54) is 13.4 Å². The Labute approximate surface area is 212 Å². The number of rotatable bonds is 6. The molecule has 7 nitrogen and oxygen atoms in total. The summed E-state index contributed by atoms with van der Waals surface area (Å²) in [4.78, 5) is 29.4. The summed E-state index contributed by atoms with van der Waals surface area (Å²) >= 11 is 0. The number of carbonyl (C=O) groups excluding carboxylic acids is 2. The van der Waals surface area contributed by atoms with Crippen LogP contribution in [0.2, 0.25) is 0 Å². The number of Topliss-reactive ketones (excluding diaryl/α,β-unsaturated/α-hetero) is 1. The third kappa shape index (κ3) is 3.68. The van der Waals surface area contributed by atoms with Crippen LogP contribution in [-0.4, -0.2) is 62.7 Å². The van der Waals surface area contributed by atoms with Crippen molar-refractivity contribution in [3.8, 4) is 16.9 Å². The second kappa shape index (κ2) is 9.62. The van der Waals surface area contributed by atoms with Gasteiger partial charge in [-0.05, 0) is 42.4 Å². The van der Waals surface area contributed by atoms with Gasteiger partial charge in [-0.1, -0.05) is 43.7 Å². The van der Waals surface area contributed by atoms with E-state index in [-0.39, 0.29) is 29.6 Å². The Bertz CT molecular complexity index is 1190. The van der Waals surface area contributed by atoms with Gasteiger partial charge in [-0.3, -0.25) is 9.69 Å². The second-order valence-electron chi connectivity index (χ2n) is 9.93. The fraction of sp³-hybridized carbons (Fsp3) is 0.448. The number of hydrogen-bond acceptors (Lipinski definition) is 7. The van der Waals surface area contributed by atoms with Gasteiger partial charge in [-0.25, -0.2) is 4.79 Å². The van der Waals surface area contributed by atoms with E-state index >= 15 is 0 Å². The van der Waals surface area contributed by atoms with Crippen molar-refractivity contribution in [3.63, 3.8) is 0 Å². The minimum absolute atomic E-state index is 0.0556. The molecule has 1 unspecified atom stereocenters. The molecule has 3 aliphatic heterocycles. The minimum Gasteiger partial charge on any atom is -0.504 e. The number of fused-ring (bicyclic) bond motifs is 3. The number of nitrogens with one attached hydrogen (secondary N) is 1. The van der Waals surface area contributed by atoms with Crippen LogP contribution < -0.4 is 10.1 Å². The Morgan fingerprint density at radius 1 is 1.17 bits per heavy atom. The average molecular weight is 491 g/mol. The number of benzene rings is 2. The zero-order valence-corrected chi connectivity index (χ0v) is 21.4. The first-order valence-corrected chi connectivity index (χ1v) is 12.6. The van der Waals surface area contributed by atoms with Gasteiger partial charge < -0.3 is 19.5 Å². The maximum absolute atomic E-state index is 14.3. The highest BCUT2D eigenvalue weighted by atomic mass is 16.5. The smallest absolute Gasteiger partial charge is 0.337 e. The summed E-state index contributed by atoms with van der Waals surface area (Å²) in [6.45, 7) is 3.80. The molecular weight excluding hydrogens is 456 g/mol. The predicted octanol–water partition coefficient (Wildman–Crippen LogP) is 4.53. The first-order valence-electron chi connectivity index (χ1n) is 12.6. The van der Waals surface area contributed by atoms with Gasteiger partial charge in [-0.2, -0.15) is 0 Å². The maximum atomic E-state index is 14.3. The molecule has 0 bridgehead atoms. The lowest BCUT2D eigenvalue weighted by Crippen LogP contribution is -2.57. The number of carbonyl (C=O) groups is 2. The van der Waals surface area contributed by atoms with Gasteiger partial charge in [0.2, 0.25) is 0 Å². The van der Waals surface area contributed by atoms with Crippen LogP contribution >= 0.6 is 0 Å². The van der Waals surface area contributed by atoms with Gasteiger partial charge in [-0.15, -0.1) is 0 Å². The Kier molecular flexibility index (Phi) is 6.51. The number of ether oxygens (including phenoxy) is 3. The van der Waals surface area contributed by atoms with Crippen molar-refractivity contribution in [2.45, 2.75) is 37.8 Å². The van der Waals surface area contributed by atoms with Crippen molar-refractivity contribution in [1.29, 1.82) is 0 Å². The number of ketones is 1. The van der Waals surface area contributed by atoms with E-state index in [0.717, 1.165) is 36.3 Å². The molecule has 190 valence electrons. The Morgan fingerprint density at radius 3 is 2.61 bits per heavy atom. The topological polar surface area (TPSA) is 77.1 Å². The molecule has 3 aliphatic rings. The largest absolute Gasteiger partial charge is 0.504 e. The molecule has 7 heteroatoms. The van der Waals surface area contributed by atoms with Crippen LogP contribution in [0, 0.1) is 11.8 Å². The highest BCUT2D eigenvalue weighted by Gasteiger charge is 2.60. The molecule has 1 spiro atoms. The van der Waals surface area contributed by atoms with E-state index in [1.807, 2.05) is 42.5 Å². The average Bonchev–Trinajstić information content (AvgIpc) is 3.42. The number of methoxy groups -OCH3 is 3. The van der Waals surface area contributed by atoms with Crippen molar-refractivity contribution >= 4 is 17.4 Å². The molecule has 0 aromatic heterocycles. The van der Waals surface area contributed by atoms with Crippen LogP contribution in [0.3, 0.4) is 0 Å². The molecule has 2 saturated heterocycles. The van der Waals surface area contributed by atoms with Crippen LogP contribution in [0.1, 0.15) is 36.5 Å². The maximum Gasteiger partial charge on any atom is 0.337 e. The summed E-state index contributed by atoms with van der Waals surface area (Å²) in [5, 5.41) is 3.64. The van der Waals surface area contributed by atoms with Gasteiger partial charge in [0, 0.05) is 30.4 Å². The van der Waals surface area contributed by atoms with Crippen molar-refractivity contribution in [1.82, 2.24) is 4.90 Å². The number of esters is 1. The van der Waals surface area contributed by atoms with Crippen LogP contribution in [-0.2, 0) is 14.3 Å². The number of nitrogens with zero attached hydrogens (tertiary/aromatic N) is 1. The summed E-state index contributed by atoms with van der Waals surface area (Å²) in [5.74, 6) is 0.529. The van der Waals surface area contributed by atoms with Gasteiger partial charge in [0.1, 0.15) is 11.3 Å². The quantitative estimate of drug-likeness (QED) is 0.362. The highest BCUT2D eigenvalue weighted by molar-refractivity contribution is 6.17. The molecule has 4 atom stereocenters. The SMILES string of the molecule is CC[C@@H]1CN2CC[C@]3(Nc4ccc(-c5ccccc5)c(OC)c4C3=O)C2C[C@@H]1/C(=C\OC)C(=O)OC. The van der Waals surface area contributed by atoms with Crippen molar-refractivity contribution < 1.29 is 23.8 Å². The third-order valence-electron chi connectivity index (χ3n) is 8.34. The normalized spacial score (nSPS) is 27.4. The van der Waals surface area contributed by atoms with Gasteiger partial charge in [0.15, 0.2) is 5.78 Å². The molecule has 1 N–H and O–H groups in total. The van der Waals surface area contributed by atoms with Gasteiger partial charge >= 0.3 is 5.97 Å². The van der Waals surface area contributed by atoms with Gasteiger partial charge in [0.25, 0.3) is 0 Å². The molecule has 2 aromatic carbocycles. The lowest BCUT2D eigenvalue weighted by Gasteiger charge is -2.45. The number of hydrogen-bond donors (Lipinski definition) is 1. The molecule has 2 fully saturated rings. The van der Waals surface area contributed by atoms with E-state index in [9.17, 15) is 9.59 Å². The van der Waals surface area contributed by atoms with Crippen LogP contribution in [0.25, 0.3) is 11.1 Å². The molecule has 5 rings (SSSR count). The fourth-order valence-electron chi connectivity index (χ4n) is 6.61. The fourth-order valence-corrected chi connectivity index (χ4v) is 6.61. The van der Waals surface area contributed by atoms with E-state index < -0.39 is 5.54 Å². The lowest BCUT2D eigenvalue weighted by atomic mass is 9.72. The van der Waals surface area contributed by atoms with Crippen molar-refractivity contribution in [3.05, 3.63) is 59.9 Å². The number of anilines is 1. The summed E-state index contributed by atoms with van der Waals surface area (Å²) in [6, 6.07) is 14.0. The standard InChI is InChI=1S/C29H34N2O5/c1-5-18-16-31-14-13-29(24(31)15-21(18)22(17-34-2)28(33)36-4)27(32)25-23(30-29)12-11-20(26(25)35-3)19-9-7-6-8-10-19/h6-12,17-18,21,24,30H,5,13-16H2,1-4H3/b22-17+/t18-,21+,24?,29+/m1/s1.